The van der Waals surface area contributed by atoms with E-state index in [1.165, 1.54) is 0 Å². The van der Waals surface area contributed by atoms with Gasteiger partial charge in [0.2, 0.25) is 3.76 Å². The molecule has 0 amide bonds. The first-order chi connectivity index (χ1) is 9.65. The fraction of sp³-hybridized carbons (Fsp3) is 0.231. The van der Waals surface area contributed by atoms with E-state index in [0.717, 1.165) is 20.3 Å². The molecule has 6 nitrogen and oxygen atoms in total. The summed E-state index contributed by atoms with van der Waals surface area (Å²) in [5.74, 6) is 0. The van der Waals surface area contributed by atoms with Crippen molar-refractivity contribution in [2.75, 3.05) is 14.1 Å². The molecule has 0 bridgehead atoms. The van der Waals surface area contributed by atoms with Gasteiger partial charge >= 0.3 is 0 Å². The van der Waals surface area contributed by atoms with E-state index < -0.39 is 0 Å². The molecule has 7 heteroatoms. The van der Waals surface area contributed by atoms with Gasteiger partial charge in [0.25, 0.3) is 0 Å². The SMILES string of the molecule is CN1N=CN(C)C(N=Nc2cn(C)c3ccccc23)=I1. The molecule has 1 aliphatic heterocycles. The van der Waals surface area contributed by atoms with Crippen molar-refractivity contribution in [3.63, 3.8) is 0 Å². The summed E-state index contributed by atoms with van der Waals surface area (Å²) in [7, 11) is 5.94. The quantitative estimate of drug-likeness (QED) is 0.456. The van der Waals surface area contributed by atoms with Crippen molar-refractivity contribution < 1.29 is 0 Å². The number of azo groups is 1. The minimum atomic E-state index is -0.379. The van der Waals surface area contributed by atoms with Gasteiger partial charge in [0.05, 0.1) is 26.5 Å². The number of hydrogen-bond acceptors (Lipinski definition) is 5. The lowest BCUT2D eigenvalue weighted by Crippen LogP contribution is -2.26. The smallest absolute Gasteiger partial charge is 0.206 e. The van der Waals surface area contributed by atoms with E-state index in [0.29, 0.717) is 0 Å². The first-order valence-corrected chi connectivity index (χ1v) is 8.18. The van der Waals surface area contributed by atoms with E-state index in [2.05, 4.69) is 32.0 Å². The van der Waals surface area contributed by atoms with Gasteiger partial charge in [-0.05, 0) is 6.07 Å². The van der Waals surface area contributed by atoms with E-state index in [4.69, 9.17) is 0 Å². The van der Waals surface area contributed by atoms with Gasteiger partial charge in [-0.3, -0.25) is 0 Å². The van der Waals surface area contributed by atoms with Gasteiger partial charge < -0.3 is 9.47 Å². The van der Waals surface area contributed by atoms with Crippen molar-refractivity contribution in [2.45, 2.75) is 0 Å². The van der Waals surface area contributed by atoms with Crippen molar-refractivity contribution in [3.8, 4) is 0 Å². The number of fused-ring (bicyclic) bond motifs is 1. The first kappa shape index (κ1) is 13.2. The summed E-state index contributed by atoms with van der Waals surface area (Å²) in [5, 5.41) is 14.2. The number of hydrazone groups is 1. The molecule has 0 unspecified atom stereocenters. The van der Waals surface area contributed by atoms with E-state index >= 15 is 0 Å². The Hall–Kier alpha value is -1.77. The molecule has 0 saturated carbocycles. The minimum Gasteiger partial charge on any atom is -0.348 e. The zero-order chi connectivity index (χ0) is 14.1. The molecule has 1 aromatic carbocycles. The van der Waals surface area contributed by atoms with Crippen LogP contribution in [0.4, 0.5) is 5.69 Å². The average molecular weight is 382 g/mol. The Morgan fingerprint density at radius 3 is 2.75 bits per heavy atom. The normalized spacial score (nSPS) is 15.8. The third-order valence-electron chi connectivity index (χ3n) is 2.99. The third kappa shape index (κ3) is 2.45. The number of halogens is 1. The molecule has 0 aliphatic carbocycles. The Morgan fingerprint density at radius 2 is 1.90 bits per heavy atom. The van der Waals surface area contributed by atoms with Crippen LogP contribution < -0.4 is 0 Å². The van der Waals surface area contributed by atoms with Gasteiger partial charge in [-0.15, -0.1) is 10.2 Å². The molecule has 0 atom stereocenters. The highest BCUT2D eigenvalue weighted by atomic mass is 127. The lowest BCUT2D eigenvalue weighted by Gasteiger charge is -2.19. The molecule has 2 heterocycles. The second kappa shape index (κ2) is 5.31. The Balaban J connectivity index is 1.95. The summed E-state index contributed by atoms with van der Waals surface area (Å²) in [5.41, 5.74) is 2.06. The number of para-hydroxylation sites is 1. The van der Waals surface area contributed by atoms with Gasteiger partial charge in [0.1, 0.15) is 12.0 Å². The Kier molecular flexibility index (Phi) is 3.51. The number of aryl methyl sites for hydroxylation is 1. The van der Waals surface area contributed by atoms with Crippen LogP contribution in [-0.4, -0.2) is 36.9 Å². The summed E-state index contributed by atoms with van der Waals surface area (Å²) in [4.78, 5) is 1.93. The lowest BCUT2D eigenvalue weighted by atomic mass is 10.2. The predicted molar refractivity (Wildman–Crippen MR) is 90.5 cm³/mol. The highest BCUT2D eigenvalue weighted by Gasteiger charge is 2.10. The van der Waals surface area contributed by atoms with Crippen LogP contribution in [0.3, 0.4) is 0 Å². The van der Waals surface area contributed by atoms with Crippen LogP contribution >= 0.6 is 21.0 Å². The van der Waals surface area contributed by atoms with Crippen LogP contribution in [0.25, 0.3) is 10.9 Å². The Morgan fingerprint density at radius 1 is 1.10 bits per heavy atom. The highest BCUT2D eigenvalue weighted by Crippen LogP contribution is 2.28. The van der Waals surface area contributed by atoms with Crippen molar-refractivity contribution in [3.05, 3.63) is 30.5 Å². The maximum Gasteiger partial charge on any atom is 0.206 e. The number of benzene rings is 1. The molecule has 1 aromatic heterocycles. The molecule has 0 spiro atoms. The topological polar surface area (TPSA) is 48.5 Å². The summed E-state index contributed by atoms with van der Waals surface area (Å²) in [6.45, 7) is 0. The van der Waals surface area contributed by atoms with Gasteiger partial charge in [-0.25, -0.2) is 3.22 Å². The van der Waals surface area contributed by atoms with Gasteiger partial charge in [-0.1, -0.05) is 18.2 Å². The Labute approximate surface area is 127 Å². The molecule has 20 heavy (non-hydrogen) atoms. The van der Waals surface area contributed by atoms with Crippen molar-refractivity contribution in [1.29, 1.82) is 0 Å². The standard InChI is InChI=1S/C13H15IN6/c1-18-8-11(10-6-4-5-7-12(10)18)16-17-13-14-20(3)15-9-19(13)2/h4-9H,1-3H3. The molecule has 2 aromatic rings. The summed E-state index contributed by atoms with van der Waals surface area (Å²) in [6, 6.07) is 8.21. The second-order valence-electron chi connectivity index (χ2n) is 4.48. The average Bonchev–Trinajstić information content (AvgIpc) is 2.77. The maximum absolute atomic E-state index is 4.43. The van der Waals surface area contributed by atoms with Gasteiger partial charge in [-0.2, -0.15) is 5.10 Å². The van der Waals surface area contributed by atoms with Crippen LogP contribution in [0.2, 0.25) is 0 Å². The number of rotatable bonds is 2. The molecule has 0 radical (unpaired) electrons. The maximum atomic E-state index is 4.43. The van der Waals surface area contributed by atoms with E-state index in [1.54, 1.807) is 6.34 Å². The number of aromatic nitrogens is 1. The molecule has 0 saturated heterocycles. The highest BCUT2D eigenvalue weighted by molar-refractivity contribution is 14.2. The van der Waals surface area contributed by atoms with Gasteiger partial charge in [0.15, 0.2) is 0 Å². The lowest BCUT2D eigenvalue weighted by molar-refractivity contribution is 0.637. The van der Waals surface area contributed by atoms with Crippen molar-refractivity contribution in [1.82, 2.24) is 12.7 Å². The largest absolute Gasteiger partial charge is 0.348 e. The minimum absolute atomic E-state index is 0.379. The number of nitrogens with zero attached hydrogens (tertiary/aromatic N) is 6. The zero-order valence-corrected chi connectivity index (χ0v) is 13.7. The summed E-state index contributed by atoms with van der Waals surface area (Å²) < 4.78 is 4.99. The van der Waals surface area contributed by atoms with Crippen molar-refractivity contribution >= 4 is 47.7 Å². The Bertz CT molecular complexity index is 730. The predicted octanol–water partition coefficient (Wildman–Crippen LogP) is 3.06. The molecule has 104 valence electrons. The first-order valence-electron chi connectivity index (χ1n) is 6.13. The van der Waals surface area contributed by atoms with Crippen LogP contribution in [0.5, 0.6) is 0 Å². The molecular weight excluding hydrogens is 367 g/mol. The second-order valence-corrected chi connectivity index (χ2v) is 7.33. The summed E-state index contributed by atoms with van der Waals surface area (Å²) >= 11 is -0.379. The molecule has 0 fully saturated rings. The third-order valence-corrected chi connectivity index (χ3v) is 5.34. The van der Waals surface area contributed by atoms with Crippen LogP contribution in [0.1, 0.15) is 0 Å². The van der Waals surface area contributed by atoms with E-state index in [1.807, 2.05) is 47.6 Å². The number of hydrogen-bond donors (Lipinski definition) is 0. The van der Waals surface area contributed by atoms with Gasteiger partial charge in [0, 0.05) is 32.7 Å². The monoisotopic (exact) mass is 382 g/mol. The van der Waals surface area contributed by atoms with Crippen LogP contribution in [0.15, 0.2) is 45.8 Å². The van der Waals surface area contributed by atoms with Crippen LogP contribution in [0, 0.1) is 0 Å². The molecule has 0 N–H and O–H groups in total. The van der Waals surface area contributed by atoms with Crippen molar-refractivity contribution in [2.24, 2.45) is 22.4 Å². The molecular formula is C13H15IN6. The van der Waals surface area contributed by atoms with E-state index in [-0.39, 0.29) is 21.0 Å². The van der Waals surface area contributed by atoms with E-state index in [9.17, 15) is 0 Å². The molecule has 3 rings (SSSR count). The summed E-state index contributed by atoms with van der Waals surface area (Å²) in [6.07, 6.45) is 3.77. The fourth-order valence-corrected chi connectivity index (χ4v) is 3.50. The zero-order valence-electron chi connectivity index (χ0n) is 11.5. The fourth-order valence-electron chi connectivity index (χ4n) is 1.97. The van der Waals surface area contributed by atoms with Crippen LogP contribution in [-0.2, 0) is 7.05 Å². The molecule has 1 aliphatic rings.